The van der Waals surface area contributed by atoms with Crippen LogP contribution in [0.25, 0.3) is 0 Å². The minimum atomic E-state index is -0.366. The van der Waals surface area contributed by atoms with Crippen LogP contribution in [0.3, 0.4) is 0 Å². The smallest absolute Gasteiger partial charge is 0.141 e. The summed E-state index contributed by atoms with van der Waals surface area (Å²) in [6.07, 6.45) is 0. The summed E-state index contributed by atoms with van der Waals surface area (Å²) in [7, 11) is 2.09. The van der Waals surface area contributed by atoms with E-state index in [2.05, 4.69) is 31.1 Å². The Labute approximate surface area is 108 Å². The average Bonchev–Trinajstić information content (AvgIpc) is 2.30. The predicted octanol–water partition coefficient (Wildman–Crippen LogP) is 2.91. The molecule has 0 aromatic heterocycles. The number of nitrogens with one attached hydrogen (secondary N) is 1. The van der Waals surface area contributed by atoms with Gasteiger partial charge in [0, 0.05) is 19.1 Å². The zero-order valence-electron chi connectivity index (χ0n) is 10.6. The molecule has 4 heteroatoms. The molecule has 1 atom stereocenters. The molecule has 0 spiro atoms. The third kappa shape index (κ3) is 5.02. The monoisotopic (exact) mass is 258 g/mol. The summed E-state index contributed by atoms with van der Waals surface area (Å²) in [6, 6.07) is 5.22. The van der Waals surface area contributed by atoms with Gasteiger partial charge < -0.3 is 10.2 Å². The van der Waals surface area contributed by atoms with Crippen LogP contribution >= 0.6 is 11.6 Å². The second-order valence-electron chi connectivity index (χ2n) is 4.39. The van der Waals surface area contributed by atoms with E-state index in [4.69, 9.17) is 11.6 Å². The Morgan fingerprint density at radius 2 is 2.18 bits per heavy atom. The highest BCUT2D eigenvalue weighted by Crippen LogP contribution is 2.15. The van der Waals surface area contributed by atoms with E-state index in [-0.39, 0.29) is 10.8 Å². The molecule has 1 unspecified atom stereocenters. The van der Waals surface area contributed by atoms with E-state index in [9.17, 15) is 4.39 Å². The van der Waals surface area contributed by atoms with Gasteiger partial charge in [-0.2, -0.15) is 0 Å². The van der Waals surface area contributed by atoms with E-state index in [0.29, 0.717) is 12.6 Å². The van der Waals surface area contributed by atoms with Crippen LogP contribution in [0.5, 0.6) is 0 Å². The molecular formula is C13H20ClFN2. The molecule has 17 heavy (non-hydrogen) atoms. The van der Waals surface area contributed by atoms with E-state index >= 15 is 0 Å². The summed E-state index contributed by atoms with van der Waals surface area (Å²) in [5, 5.41) is 3.57. The van der Waals surface area contributed by atoms with Crippen molar-refractivity contribution in [3.8, 4) is 0 Å². The molecule has 1 aromatic carbocycles. The molecular weight excluding hydrogens is 239 g/mol. The van der Waals surface area contributed by atoms with E-state index in [0.717, 1.165) is 18.7 Å². The molecule has 0 aliphatic rings. The van der Waals surface area contributed by atoms with Crippen molar-refractivity contribution in [3.63, 3.8) is 0 Å². The molecule has 96 valence electrons. The van der Waals surface area contributed by atoms with Gasteiger partial charge in [0.05, 0.1) is 5.02 Å². The van der Waals surface area contributed by atoms with Crippen molar-refractivity contribution in [1.82, 2.24) is 10.2 Å². The normalized spacial score (nSPS) is 13.1. The number of halogens is 2. The quantitative estimate of drug-likeness (QED) is 0.844. The Hall–Kier alpha value is -0.640. The van der Waals surface area contributed by atoms with Gasteiger partial charge >= 0.3 is 0 Å². The number of nitrogens with zero attached hydrogens (tertiary/aromatic N) is 1. The lowest BCUT2D eigenvalue weighted by Crippen LogP contribution is -2.36. The molecule has 1 rings (SSSR count). The van der Waals surface area contributed by atoms with Gasteiger partial charge in [-0.15, -0.1) is 0 Å². The first-order valence-corrected chi connectivity index (χ1v) is 6.26. The summed E-state index contributed by atoms with van der Waals surface area (Å²) in [4.78, 5) is 2.25. The van der Waals surface area contributed by atoms with Crippen molar-refractivity contribution in [3.05, 3.63) is 34.6 Å². The summed E-state index contributed by atoms with van der Waals surface area (Å²) in [6.45, 7) is 7.00. The SMILES string of the molecule is CCN(C)CC(C)NCc1ccc(F)c(Cl)c1. The Morgan fingerprint density at radius 3 is 2.76 bits per heavy atom. The molecule has 1 aromatic rings. The van der Waals surface area contributed by atoms with E-state index in [1.54, 1.807) is 12.1 Å². The highest BCUT2D eigenvalue weighted by atomic mass is 35.5. The fraction of sp³-hybridized carbons (Fsp3) is 0.538. The number of benzene rings is 1. The second kappa shape index (κ2) is 6.94. The Balaban J connectivity index is 2.42. The van der Waals surface area contributed by atoms with Crippen molar-refractivity contribution in [2.45, 2.75) is 26.4 Å². The van der Waals surface area contributed by atoms with Gasteiger partial charge in [0.2, 0.25) is 0 Å². The van der Waals surface area contributed by atoms with E-state index < -0.39 is 0 Å². The molecule has 0 saturated carbocycles. The van der Waals surface area contributed by atoms with Gasteiger partial charge in [0.25, 0.3) is 0 Å². The largest absolute Gasteiger partial charge is 0.309 e. The maximum absolute atomic E-state index is 13.0. The van der Waals surface area contributed by atoms with Gasteiger partial charge in [-0.1, -0.05) is 24.6 Å². The third-order valence-electron chi connectivity index (χ3n) is 2.76. The summed E-state index contributed by atoms with van der Waals surface area (Å²) < 4.78 is 13.0. The number of hydrogen-bond acceptors (Lipinski definition) is 2. The zero-order valence-corrected chi connectivity index (χ0v) is 11.4. The summed E-state index contributed by atoms with van der Waals surface area (Å²) in [5.41, 5.74) is 1.00. The molecule has 0 amide bonds. The van der Waals surface area contributed by atoms with Crippen molar-refractivity contribution in [2.75, 3.05) is 20.1 Å². The Kier molecular flexibility index (Phi) is 5.89. The van der Waals surface area contributed by atoms with Gasteiger partial charge in [0.1, 0.15) is 5.82 Å². The lowest BCUT2D eigenvalue weighted by Gasteiger charge is -2.20. The molecule has 2 nitrogen and oxygen atoms in total. The van der Waals surface area contributed by atoms with Gasteiger partial charge in [0.15, 0.2) is 0 Å². The van der Waals surface area contributed by atoms with Gasteiger partial charge in [-0.25, -0.2) is 4.39 Å². The molecule has 0 heterocycles. The molecule has 0 fully saturated rings. The summed E-state index contributed by atoms with van der Waals surface area (Å²) >= 11 is 5.72. The van der Waals surface area contributed by atoms with Crippen molar-refractivity contribution >= 4 is 11.6 Å². The Bertz CT molecular complexity index is 357. The number of rotatable bonds is 6. The van der Waals surface area contributed by atoms with Crippen LogP contribution in [-0.2, 0) is 6.54 Å². The van der Waals surface area contributed by atoms with Crippen LogP contribution in [0.1, 0.15) is 19.4 Å². The summed E-state index contributed by atoms with van der Waals surface area (Å²) in [5.74, 6) is -0.366. The first kappa shape index (κ1) is 14.4. The fourth-order valence-corrected chi connectivity index (χ4v) is 1.81. The highest BCUT2D eigenvalue weighted by molar-refractivity contribution is 6.30. The first-order valence-electron chi connectivity index (χ1n) is 5.88. The van der Waals surface area contributed by atoms with E-state index in [1.165, 1.54) is 6.07 Å². The first-order chi connectivity index (χ1) is 8.02. The van der Waals surface area contributed by atoms with Gasteiger partial charge in [-0.3, -0.25) is 0 Å². The number of hydrogen-bond donors (Lipinski definition) is 1. The molecule has 0 radical (unpaired) electrons. The molecule has 0 saturated heterocycles. The molecule has 0 aliphatic heterocycles. The second-order valence-corrected chi connectivity index (χ2v) is 4.79. The minimum absolute atomic E-state index is 0.183. The topological polar surface area (TPSA) is 15.3 Å². The molecule has 1 N–H and O–H groups in total. The predicted molar refractivity (Wildman–Crippen MR) is 70.9 cm³/mol. The van der Waals surface area contributed by atoms with Crippen molar-refractivity contribution in [1.29, 1.82) is 0 Å². The Morgan fingerprint density at radius 1 is 1.47 bits per heavy atom. The van der Waals surface area contributed by atoms with E-state index in [1.807, 2.05) is 0 Å². The third-order valence-corrected chi connectivity index (χ3v) is 3.05. The molecule has 0 bridgehead atoms. The lowest BCUT2D eigenvalue weighted by molar-refractivity contribution is 0.309. The van der Waals surface area contributed by atoms with Crippen molar-refractivity contribution in [2.24, 2.45) is 0 Å². The van der Waals surface area contributed by atoms with Crippen LogP contribution in [0.15, 0.2) is 18.2 Å². The van der Waals surface area contributed by atoms with Crippen molar-refractivity contribution < 1.29 is 4.39 Å². The average molecular weight is 259 g/mol. The highest BCUT2D eigenvalue weighted by Gasteiger charge is 2.05. The maximum atomic E-state index is 13.0. The fourth-order valence-electron chi connectivity index (χ4n) is 1.60. The standard InChI is InChI=1S/C13H20ClFN2/c1-4-17(3)9-10(2)16-8-11-5-6-13(15)12(14)7-11/h5-7,10,16H,4,8-9H2,1-3H3. The number of likely N-dealkylation sites (N-methyl/N-ethyl adjacent to an activating group) is 1. The minimum Gasteiger partial charge on any atom is -0.309 e. The molecule has 0 aliphatic carbocycles. The zero-order chi connectivity index (χ0) is 12.8. The van der Waals surface area contributed by atoms with Crippen LogP contribution in [0, 0.1) is 5.82 Å². The lowest BCUT2D eigenvalue weighted by atomic mass is 10.2. The maximum Gasteiger partial charge on any atom is 0.141 e. The van der Waals surface area contributed by atoms with Crippen LogP contribution < -0.4 is 5.32 Å². The van der Waals surface area contributed by atoms with Crippen LogP contribution in [-0.4, -0.2) is 31.1 Å². The van der Waals surface area contributed by atoms with Gasteiger partial charge in [-0.05, 0) is 38.2 Å². The van der Waals surface area contributed by atoms with Crippen LogP contribution in [0.2, 0.25) is 5.02 Å². The van der Waals surface area contributed by atoms with Crippen LogP contribution in [0.4, 0.5) is 4.39 Å².